The minimum absolute atomic E-state index is 0.122. The van der Waals surface area contributed by atoms with Gasteiger partial charge >= 0.3 is 0 Å². The zero-order chi connectivity index (χ0) is 34.9. The Hall–Kier alpha value is -4.06. The lowest BCUT2D eigenvalue weighted by Crippen LogP contribution is -1.92. The van der Waals surface area contributed by atoms with Gasteiger partial charge in [-0.25, -0.2) is 0 Å². The van der Waals surface area contributed by atoms with Crippen LogP contribution in [0.25, 0.3) is 51.2 Å². The number of allylic oxidation sites excluding steroid dienone is 2. The van der Waals surface area contributed by atoms with Gasteiger partial charge < -0.3 is 0 Å². The number of thiophene rings is 5. The maximum absolute atomic E-state index is 9.28. The van der Waals surface area contributed by atoms with Crippen LogP contribution in [-0.2, 0) is 25.7 Å². The van der Waals surface area contributed by atoms with Crippen LogP contribution in [0.3, 0.4) is 0 Å². The Labute approximate surface area is 309 Å². The summed E-state index contributed by atoms with van der Waals surface area (Å²) in [5.41, 5.74) is 6.03. The summed E-state index contributed by atoms with van der Waals surface area (Å²) in [5, 5.41) is 37.1. The lowest BCUT2D eigenvalue weighted by Gasteiger charge is -2.07. The van der Waals surface area contributed by atoms with E-state index in [-0.39, 0.29) is 11.1 Å². The first-order valence-corrected chi connectivity index (χ1v) is 20.6. The van der Waals surface area contributed by atoms with Crippen molar-refractivity contribution in [3.63, 3.8) is 0 Å². The highest BCUT2D eigenvalue weighted by atomic mass is 32.1. The van der Waals surface area contributed by atoms with E-state index in [0.29, 0.717) is 0 Å². The molecule has 0 aliphatic heterocycles. The van der Waals surface area contributed by atoms with E-state index in [1.165, 1.54) is 61.3 Å². The van der Waals surface area contributed by atoms with E-state index < -0.39 is 0 Å². The molecule has 4 nitrogen and oxygen atoms in total. The Bertz CT molecular complexity index is 2000. The Kier molecular flexibility index (Phi) is 12.6. The molecule has 49 heavy (non-hydrogen) atoms. The van der Waals surface area contributed by atoms with Crippen molar-refractivity contribution < 1.29 is 0 Å². The zero-order valence-corrected chi connectivity index (χ0v) is 32.2. The molecule has 5 rings (SSSR count). The van der Waals surface area contributed by atoms with Crippen LogP contribution in [0.15, 0.2) is 47.5 Å². The van der Waals surface area contributed by atoms with Gasteiger partial charge in [0.1, 0.15) is 35.4 Å². The van der Waals surface area contributed by atoms with Gasteiger partial charge in [-0.2, -0.15) is 21.0 Å². The molecule has 0 atom stereocenters. The monoisotopic (exact) mass is 732 g/mol. The predicted molar refractivity (Wildman–Crippen MR) is 212 cm³/mol. The van der Waals surface area contributed by atoms with Gasteiger partial charge in [0.05, 0.1) is 0 Å². The summed E-state index contributed by atoms with van der Waals surface area (Å²) in [4.78, 5) is 12.2. The van der Waals surface area contributed by atoms with E-state index in [2.05, 4.69) is 52.0 Å². The second kappa shape index (κ2) is 17.0. The van der Waals surface area contributed by atoms with E-state index in [9.17, 15) is 21.0 Å². The maximum atomic E-state index is 9.28. The van der Waals surface area contributed by atoms with Gasteiger partial charge in [-0.15, -0.1) is 56.7 Å². The molecule has 0 aliphatic carbocycles. The Balaban J connectivity index is 1.61. The highest BCUT2D eigenvalue weighted by Crippen LogP contribution is 2.51. The molecule has 246 valence electrons. The third-order valence-electron chi connectivity index (χ3n) is 8.04. The van der Waals surface area contributed by atoms with Crippen molar-refractivity contribution in [2.75, 3.05) is 0 Å². The largest absolute Gasteiger partial charge is 0.192 e. The quantitative estimate of drug-likeness (QED) is 0.106. The molecule has 0 saturated heterocycles. The van der Waals surface area contributed by atoms with Crippen LogP contribution in [-0.4, -0.2) is 0 Å². The summed E-state index contributed by atoms with van der Waals surface area (Å²) < 4.78 is 0. The molecule has 0 N–H and O–H groups in total. The molecular weight excluding hydrogens is 697 g/mol. The molecule has 0 radical (unpaired) electrons. The van der Waals surface area contributed by atoms with Gasteiger partial charge in [0.15, 0.2) is 0 Å². The first kappa shape index (κ1) is 36.2. The minimum atomic E-state index is 0.122. The zero-order valence-electron chi connectivity index (χ0n) is 28.1. The number of hydrogen-bond donors (Lipinski definition) is 0. The molecule has 0 saturated carbocycles. The molecule has 0 aromatic carbocycles. The molecule has 0 fully saturated rings. The van der Waals surface area contributed by atoms with E-state index in [4.69, 9.17) is 0 Å². The second-order valence-corrected chi connectivity index (χ2v) is 16.9. The van der Waals surface area contributed by atoms with Gasteiger partial charge in [0, 0.05) is 48.8 Å². The molecule has 5 aromatic rings. The van der Waals surface area contributed by atoms with Crippen molar-refractivity contribution in [1.29, 1.82) is 21.0 Å². The highest BCUT2D eigenvalue weighted by Gasteiger charge is 2.25. The van der Waals surface area contributed by atoms with Crippen LogP contribution in [0.2, 0.25) is 0 Å². The molecule has 0 aliphatic rings. The van der Waals surface area contributed by atoms with Crippen molar-refractivity contribution in [2.45, 2.75) is 79.1 Å². The van der Waals surface area contributed by atoms with Crippen molar-refractivity contribution >= 4 is 68.8 Å². The van der Waals surface area contributed by atoms with E-state index >= 15 is 0 Å². The highest BCUT2D eigenvalue weighted by molar-refractivity contribution is 7.30. The summed E-state index contributed by atoms with van der Waals surface area (Å²) in [5.74, 6) is 0. The molecule has 0 spiro atoms. The summed E-state index contributed by atoms with van der Waals surface area (Å²) in [6.45, 7) is 8.99. The summed E-state index contributed by atoms with van der Waals surface area (Å²) in [6, 6.07) is 20.9. The molecule has 9 heteroatoms. The molecule has 0 bridgehead atoms. The lowest BCUT2D eigenvalue weighted by molar-refractivity contribution is 0.871. The number of hydrogen-bond acceptors (Lipinski definition) is 9. The van der Waals surface area contributed by atoms with Crippen LogP contribution in [0.5, 0.6) is 0 Å². The molecule has 5 heterocycles. The fourth-order valence-electron chi connectivity index (χ4n) is 6.00. The van der Waals surface area contributed by atoms with Crippen molar-refractivity contribution in [3.8, 4) is 63.3 Å². The number of rotatable bonds is 14. The molecule has 0 unspecified atom stereocenters. The third kappa shape index (κ3) is 7.90. The van der Waals surface area contributed by atoms with Crippen LogP contribution < -0.4 is 0 Å². The SMILES string of the molecule is CCCc1c(-c2ccc(C=C(C#N)C#N)s2)sc(-c2ccc(-c3sc(-c4ccc(C=C(C#N)C#N)s4)c(CCC)c3CCC)s2)c1CCC. The average Bonchev–Trinajstić information content (AvgIpc) is 3.95. The first-order chi connectivity index (χ1) is 23.9. The van der Waals surface area contributed by atoms with Crippen LogP contribution in [0.1, 0.15) is 85.4 Å². The standard InChI is InChI=1S/C40H36N4S5/c1-5-9-29-31(11-7-3)39(48-37(29)33-15-13-27(45-33)19-25(21-41)22-42)35-17-18-36(47-35)40-32(12-8-4)30(10-6-2)38(49-40)34-16-14-28(46-34)20-26(23-43)24-44/h13-20H,5-12H2,1-4H3. The molecule has 5 aromatic heterocycles. The Morgan fingerprint density at radius 1 is 0.449 bits per heavy atom. The van der Waals surface area contributed by atoms with Crippen molar-refractivity contribution in [1.82, 2.24) is 0 Å². The Morgan fingerprint density at radius 2 is 0.735 bits per heavy atom. The van der Waals surface area contributed by atoms with Crippen molar-refractivity contribution in [3.05, 3.63) is 79.6 Å². The summed E-state index contributed by atoms with van der Waals surface area (Å²) in [6.07, 6.45) is 11.7. The van der Waals surface area contributed by atoms with Gasteiger partial charge in [-0.05, 0) is 96.5 Å². The van der Waals surface area contributed by atoms with E-state index in [1.807, 2.05) is 70.4 Å². The average molecular weight is 733 g/mol. The van der Waals surface area contributed by atoms with Crippen LogP contribution in [0.4, 0.5) is 0 Å². The third-order valence-corrected chi connectivity index (χ3v) is 14.5. The fourth-order valence-corrected chi connectivity index (χ4v) is 12.3. The number of nitriles is 4. The topological polar surface area (TPSA) is 95.2 Å². The number of nitrogens with zero attached hydrogens (tertiary/aromatic N) is 4. The second-order valence-electron chi connectivity index (χ2n) is 11.6. The minimum Gasteiger partial charge on any atom is -0.192 e. The predicted octanol–water partition coefficient (Wildman–Crippen LogP) is 13.3. The van der Waals surface area contributed by atoms with E-state index in [0.717, 1.165) is 61.1 Å². The van der Waals surface area contributed by atoms with Gasteiger partial charge in [0.25, 0.3) is 0 Å². The van der Waals surface area contributed by atoms with Gasteiger partial charge in [-0.1, -0.05) is 53.4 Å². The Morgan fingerprint density at radius 3 is 1.02 bits per heavy atom. The first-order valence-electron chi connectivity index (χ1n) is 16.6. The van der Waals surface area contributed by atoms with Crippen LogP contribution in [0, 0.1) is 45.3 Å². The lowest BCUT2D eigenvalue weighted by atomic mass is 9.98. The molecular formula is C40H36N4S5. The summed E-state index contributed by atoms with van der Waals surface area (Å²) in [7, 11) is 0. The van der Waals surface area contributed by atoms with Gasteiger partial charge in [0.2, 0.25) is 0 Å². The summed E-state index contributed by atoms with van der Waals surface area (Å²) >= 11 is 8.96. The normalized spacial score (nSPS) is 10.6. The molecule has 0 amide bonds. The smallest absolute Gasteiger partial charge is 0.131 e. The fraction of sp³-hybridized carbons (Fsp3) is 0.300. The maximum Gasteiger partial charge on any atom is 0.131 e. The van der Waals surface area contributed by atoms with Gasteiger partial charge in [-0.3, -0.25) is 0 Å². The van der Waals surface area contributed by atoms with Crippen LogP contribution >= 0.6 is 56.7 Å². The van der Waals surface area contributed by atoms with Crippen molar-refractivity contribution in [2.24, 2.45) is 0 Å². The van der Waals surface area contributed by atoms with E-state index in [1.54, 1.807) is 34.8 Å².